The van der Waals surface area contributed by atoms with E-state index in [-0.39, 0.29) is 18.1 Å². The highest BCUT2D eigenvalue weighted by Gasteiger charge is 2.14. The lowest BCUT2D eigenvalue weighted by atomic mass is 10.1. The van der Waals surface area contributed by atoms with Crippen molar-refractivity contribution in [2.75, 3.05) is 6.79 Å². The summed E-state index contributed by atoms with van der Waals surface area (Å²) >= 11 is 0. The summed E-state index contributed by atoms with van der Waals surface area (Å²) in [7, 11) is 0. The van der Waals surface area contributed by atoms with E-state index in [4.69, 9.17) is 15.2 Å². The second kappa shape index (κ2) is 4.29. The van der Waals surface area contributed by atoms with E-state index in [1.807, 2.05) is 0 Å². The number of hydrogen-bond donors (Lipinski definition) is 1. The topological polar surface area (TPSA) is 78.6 Å². The molecule has 2 N–H and O–H groups in total. The van der Waals surface area contributed by atoms with Gasteiger partial charge in [0.2, 0.25) is 6.79 Å². The Kier molecular flexibility index (Phi) is 2.82. The lowest BCUT2D eigenvalue weighted by Crippen LogP contribution is -2.18. The molecule has 1 aromatic rings. The summed E-state index contributed by atoms with van der Waals surface area (Å²) in [5.74, 6) is 0.127. The number of fused-ring (bicyclic) bond motifs is 1. The summed E-state index contributed by atoms with van der Waals surface area (Å²) in [6.45, 7) is 1.47. The largest absolute Gasteiger partial charge is 0.454 e. The van der Waals surface area contributed by atoms with Gasteiger partial charge in [-0.2, -0.15) is 0 Å². The van der Waals surface area contributed by atoms with Crippen molar-refractivity contribution >= 4 is 17.8 Å². The molecule has 2 rings (SSSR count). The van der Waals surface area contributed by atoms with Crippen LogP contribution in [0.4, 0.5) is 0 Å². The zero-order chi connectivity index (χ0) is 12.4. The van der Waals surface area contributed by atoms with Crippen LogP contribution in [0.1, 0.15) is 12.5 Å². The third-order valence-corrected chi connectivity index (χ3v) is 2.35. The van der Waals surface area contributed by atoms with Crippen LogP contribution in [0.2, 0.25) is 0 Å². The fraction of sp³-hybridized carbons (Fsp3) is 0.167. The molecule has 1 aliphatic rings. The summed E-state index contributed by atoms with van der Waals surface area (Å²) in [4.78, 5) is 22.3. The summed E-state index contributed by atoms with van der Waals surface area (Å²) in [5.41, 5.74) is 5.74. The van der Waals surface area contributed by atoms with Crippen LogP contribution >= 0.6 is 0 Å². The predicted molar refractivity (Wildman–Crippen MR) is 60.4 cm³/mol. The lowest BCUT2D eigenvalue weighted by Gasteiger charge is -2.00. The van der Waals surface area contributed by atoms with Gasteiger partial charge in [-0.05, 0) is 30.7 Å². The van der Waals surface area contributed by atoms with Gasteiger partial charge in [-0.15, -0.1) is 0 Å². The molecule has 5 heteroatoms. The first-order valence-electron chi connectivity index (χ1n) is 5.00. The van der Waals surface area contributed by atoms with Crippen molar-refractivity contribution in [3.05, 3.63) is 29.3 Å². The summed E-state index contributed by atoms with van der Waals surface area (Å²) in [5, 5.41) is 0. The minimum absolute atomic E-state index is 0.0381. The molecule has 17 heavy (non-hydrogen) atoms. The van der Waals surface area contributed by atoms with Crippen LogP contribution in [-0.2, 0) is 9.59 Å². The normalized spacial score (nSPS) is 13.6. The molecular weight excluding hydrogens is 222 g/mol. The number of benzene rings is 1. The van der Waals surface area contributed by atoms with Crippen molar-refractivity contribution in [3.63, 3.8) is 0 Å². The van der Waals surface area contributed by atoms with E-state index in [0.717, 1.165) is 0 Å². The maximum absolute atomic E-state index is 11.2. The molecule has 1 amide bonds. The molecule has 0 spiro atoms. The monoisotopic (exact) mass is 233 g/mol. The fourth-order valence-corrected chi connectivity index (χ4v) is 1.52. The number of primary amides is 1. The van der Waals surface area contributed by atoms with Crippen LogP contribution in [0.5, 0.6) is 11.5 Å². The van der Waals surface area contributed by atoms with Crippen molar-refractivity contribution in [3.8, 4) is 11.5 Å². The van der Waals surface area contributed by atoms with Crippen molar-refractivity contribution in [2.24, 2.45) is 5.73 Å². The molecule has 0 aliphatic carbocycles. The van der Waals surface area contributed by atoms with Gasteiger partial charge >= 0.3 is 0 Å². The van der Waals surface area contributed by atoms with Gasteiger partial charge < -0.3 is 15.2 Å². The van der Waals surface area contributed by atoms with Gasteiger partial charge in [-0.25, -0.2) is 0 Å². The van der Waals surface area contributed by atoms with E-state index in [2.05, 4.69) is 0 Å². The van der Waals surface area contributed by atoms with E-state index in [0.29, 0.717) is 17.1 Å². The van der Waals surface area contributed by atoms with E-state index in [1.54, 1.807) is 18.2 Å². The minimum Gasteiger partial charge on any atom is -0.454 e. The SMILES string of the molecule is CC(=O)C(=Cc1ccc2c(c1)OCO2)C(N)=O. The Bertz CT molecular complexity index is 503. The Hall–Kier alpha value is -2.30. The Labute approximate surface area is 97.8 Å². The molecule has 88 valence electrons. The average Bonchev–Trinajstić information content (AvgIpc) is 2.71. The second-order valence-corrected chi connectivity index (χ2v) is 3.59. The zero-order valence-electron chi connectivity index (χ0n) is 9.23. The van der Waals surface area contributed by atoms with Gasteiger partial charge in [0.05, 0.1) is 5.57 Å². The van der Waals surface area contributed by atoms with Crippen molar-refractivity contribution < 1.29 is 19.1 Å². The van der Waals surface area contributed by atoms with Crippen LogP contribution in [0.15, 0.2) is 23.8 Å². The van der Waals surface area contributed by atoms with E-state index >= 15 is 0 Å². The fourth-order valence-electron chi connectivity index (χ4n) is 1.52. The minimum atomic E-state index is -0.741. The number of rotatable bonds is 3. The number of carbonyl (C=O) groups is 2. The molecule has 0 bridgehead atoms. The van der Waals surface area contributed by atoms with Crippen molar-refractivity contribution in [2.45, 2.75) is 6.92 Å². The molecule has 5 nitrogen and oxygen atoms in total. The summed E-state index contributed by atoms with van der Waals surface area (Å²) in [6.07, 6.45) is 1.44. The highest BCUT2D eigenvalue weighted by molar-refractivity contribution is 6.21. The number of hydrogen-bond acceptors (Lipinski definition) is 4. The lowest BCUT2D eigenvalue weighted by molar-refractivity contribution is -0.119. The number of amides is 1. The van der Waals surface area contributed by atoms with Gasteiger partial charge in [-0.3, -0.25) is 9.59 Å². The van der Waals surface area contributed by atoms with Gasteiger partial charge in [0, 0.05) is 0 Å². The predicted octanol–water partition coefficient (Wildman–Crippen LogP) is 0.873. The highest BCUT2D eigenvalue weighted by Crippen LogP contribution is 2.33. The molecule has 0 fully saturated rings. The van der Waals surface area contributed by atoms with Gasteiger partial charge in [0.25, 0.3) is 5.91 Å². The van der Waals surface area contributed by atoms with Crippen molar-refractivity contribution in [1.82, 2.24) is 0 Å². The Balaban J connectivity index is 2.37. The molecule has 0 radical (unpaired) electrons. The second-order valence-electron chi connectivity index (χ2n) is 3.59. The van der Waals surface area contributed by atoms with Crippen LogP contribution in [0.3, 0.4) is 0 Å². The zero-order valence-corrected chi connectivity index (χ0v) is 9.23. The van der Waals surface area contributed by atoms with Gasteiger partial charge in [0.15, 0.2) is 17.3 Å². The molecule has 0 saturated carbocycles. The van der Waals surface area contributed by atoms with E-state index in [9.17, 15) is 9.59 Å². The van der Waals surface area contributed by atoms with Crippen LogP contribution < -0.4 is 15.2 Å². The molecular formula is C12H11NO4. The molecule has 1 aliphatic heterocycles. The standard InChI is InChI=1S/C12H11NO4/c1-7(14)9(12(13)15)4-8-2-3-10-11(5-8)17-6-16-10/h2-5H,6H2,1H3,(H2,13,15). The Morgan fingerprint density at radius 2 is 2.00 bits per heavy atom. The molecule has 1 aromatic carbocycles. The van der Waals surface area contributed by atoms with Gasteiger partial charge in [0.1, 0.15) is 0 Å². The molecule has 0 unspecified atom stereocenters. The molecule has 1 heterocycles. The van der Waals surface area contributed by atoms with Crippen LogP contribution in [-0.4, -0.2) is 18.5 Å². The Morgan fingerprint density at radius 3 is 2.65 bits per heavy atom. The highest BCUT2D eigenvalue weighted by atomic mass is 16.7. The van der Waals surface area contributed by atoms with Crippen LogP contribution in [0.25, 0.3) is 6.08 Å². The Morgan fingerprint density at radius 1 is 1.29 bits per heavy atom. The number of carbonyl (C=O) groups excluding carboxylic acids is 2. The molecule has 0 aromatic heterocycles. The number of Topliss-reactive ketones (excluding diaryl/α,β-unsaturated/α-hetero) is 1. The quantitative estimate of drug-likeness (QED) is 0.477. The summed E-state index contributed by atoms with van der Waals surface area (Å²) < 4.78 is 10.3. The van der Waals surface area contributed by atoms with Gasteiger partial charge in [-0.1, -0.05) is 6.07 Å². The number of ketones is 1. The van der Waals surface area contributed by atoms with Crippen LogP contribution in [0, 0.1) is 0 Å². The maximum Gasteiger partial charge on any atom is 0.252 e. The number of ether oxygens (including phenoxy) is 2. The smallest absolute Gasteiger partial charge is 0.252 e. The third-order valence-electron chi connectivity index (χ3n) is 2.35. The maximum atomic E-state index is 11.2. The third kappa shape index (κ3) is 2.28. The van der Waals surface area contributed by atoms with E-state index in [1.165, 1.54) is 13.0 Å². The molecule has 0 atom stereocenters. The first kappa shape index (κ1) is 11.2. The van der Waals surface area contributed by atoms with Crippen molar-refractivity contribution in [1.29, 1.82) is 0 Å². The number of nitrogens with two attached hydrogens (primary N) is 1. The first-order chi connectivity index (χ1) is 8.08. The first-order valence-corrected chi connectivity index (χ1v) is 5.00. The molecule has 0 saturated heterocycles. The summed E-state index contributed by atoms with van der Waals surface area (Å²) in [6, 6.07) is 5.13. The average molecular weight is 233 g/mol. The van der Waals surface area contributed by atoms with E-state index < -0.39 is 5.91 Å².